The summed E-state index contributed by atoms with van der Waals surface area (Å²) in [7, 11) is 0. The Balaban J connectivity index is 2.63. The fourth-order valence-electron chi connectivity index (χ4n) is 1.83. The molecule has 0 atom stereocenters. The van der Waals surface area contributed by atoms with Crippen LogP contribution in [-0.2, 0) is 0 Å². The molecule has 1 aromatic rings. The second-order valence-corrected chi connectivity index (χ2v) is 3.96. The normalized spacial score (nSPS) is 11.7. The van der Waals surface area contributed by atoms with Crippen molar-refractivity contribution in [2.45, 2.75) is 46.0 Å². The van der Waals surface area contributed by atoms with Gasteiger partial charge in [-0.1, -0.05) is 63.1 Å². The minimum Gasteiger partial charge on any atom is -0.0810 e. The van der Waals surface area contributed by atoms with Crippen molar-refractivity contribution in [2.75, 3.05) is 0 Å². The van der Waals surface area contributed by atoms with Crippen molar-refractivity contribution in [1.82, 2.24) is 0 Å². The van der Waals surface area contributed by atoms with E-state index < -0.39 is 0 Å². The van der Waals surface area contributed by atoms with Crippen LogP contribution < -0.4 is 0 Å². The highest BCUT2D eigenvalue weighted by atomic mass is 14.0. The van der Waals surface area contributed by atoms with Crippen LogP contribution in [0, 0.1) is 0 Å². The molecule has 0 bridgehead atoms. The number of benzene rings is 1. The van der Waals surface area contributed by atoms with E-state index in [2.05, 4.69) is 50.3 Å². The molecule has 0 N–H and O–H groups in total. The zero-order valence-corrected chi connectivity index (χ0v) is 10.00. The minimum absolute atomic E-state index is 1.14. The van der Waals surface area contributed by atoms with E-state index in [1.54, 1.807) is 0 Å². The lowest BCUT2D eigenvalue weighted by Crippen LogP contribution is -1.85. The molecule has 82 valence electrons. The van der Waals surface area contributed by atoms with Crippen molar-refractivity contribution >= 4 is 5.57 Å². The van der Waals surface area contributed by atoms with E-state index >= 15 is 0 Å². The first kappa shape index (κ1) is 12.0. The number of hydrogen-bond donors (Lipinski definition) is 0. The fourth-order valence-corrected chi connectivity index (χ4v) is 1.83. The Kier molecular flexibility index (Phi) is 5.84. The lowest BCUT2D eigenvalue weighted by Gasteiger charge is -2.07. The Morgan fingerprint density at radius 2 is 1.80 bits per heavy atom. The van der Waals surface area contributed by atoms with Gasteiger partial charge in [0.15, 0.2) is 0 Å². The molecule has 1 rings (SSSR count). The molecular weight excluding hydrogens is 180 g/mol. The molecule has 15 heavy (non-hydrogen) atoms. The van der Waals surface area contributed by atoms with Crippen LogP contribution >= 0.6 is 0 Å². The lowest BCUT2D eigenvalue weighted by molar-refractivity contribution is 0.734. The number of rotatable bonds is 6. The standard InChI is InChI=1S/C15H22/c1-3-5-7-11-14(10-4-2)15-12-8-6-9-13-15/h6,8-10,12-13H,3-5,7,11H2,1-2H3. The zero-order valence-electron chi connectivity index (χ0n) is 10.00. The van der Waals surface area contributed by atoms with E-state index in [0.717, 1.165) is 6.42 Å². The summed E-state index contributed by atoms with van der Waals surface area (Å²) >= 11 is 0. The summed E-state index contributed by atoms with van der Waals surface area (Å²) in [6, 6.07) is 10.8. The van der Waals surface area contributed by atoms with Crippen molar-refractivity contribution in [3.05, 3.63) is 42.0 Å². The second-order valence-electron chi connectivity index (χ2n) is 3.96. The van der Waals surface area contributed by atoms with Gasteiger partial charge in [0, 0.05) is 0 Å². The van der Waals surface area contributed by atoms with Gasteiger partial charge in [0.25, 0.3) is 0 Å². The molecule has 0 heteroatoms. The summed E-state index contributed by atoms with van der Waals surface area (Å²) in [6.45, 7) is 4.47. The van der Waals surface area contributed by atoms with Gasteiger partial charge in [0.1, 0.15) is 0 Å². The van der Waals surface area contributed by atoms with E-state index in [1.165, 1.54) is 36.8 Å². The van der Waals surface area contributed by atoms with E-state index in [4.69, 9.17) is 0 Å². The van der Waals surface area contributed by atoms with Crippen LogP contribution in [0.4, 0.5) is 0 Å². The van der Waals surface area contributed by atoms with Crippen molar-refractivity contribution in [1.29, 1.82) is 0 Å². The van der Waals surface area contributed by atoms with E-state index in [1.807, 2.05) is 0 Å². The maximum Gasteiger partial charge on any atom is -0.0228 e. The monoisotopic (exact) mass is 202 g/mol. The second kappa shape index (κ2) is 7.28. The van der Waals surface area contributed by atoms with Crippen molar-refractivity contribution in [3.8, 4) is 0 Å². The Morgan fingerprint density at radius 1 is 1.07 bits per heavy atom. The largest absolute Gasteiger partial charge is 0.0810 e. The van der Waals surface area contributed by atoms with Crippen LogP contribution in [0.2, 0.25) is 0 Å². The minimum atomic E-state index is 1.14. The molecule has 0 fully saturated rings. The molecule has 1 aromatic carbocycles. The molecule has 0 saturated heterocycles. The number of unbranched alkanes of at least 4 members (excludes halogenated alkanes) is 2. The van der Waals surface area contributed by atoms with Gasteiger partial charge in [-0.2, -0.15) is 0 Å². The van der Waals surface area contributed by atoms with Gasteiger partial charge in [-0.25, -0.2) is 0 Å². The third kappa shape index (κ3) is 4.33. The molecule has 0 heterocycles. The van der Waals surface area contributed by atoms with Gasteiger partial charge >= 0.3 is 0 Å². The van der Waals surface area contributed by atoms with Crippen LogP contribution in [-0.4, -0.2) is 0 Å². The number of hydrogen-bond acceptors (Lipinski definition) is 0. The molecule has 0 unspecified atom stereocenters. The van der Waals surface area contributed by atoms with E-state index in [9.17, 15) is 0 Å². The van der Waals surface area contributed by atoms with E-state index in [-0.39, 0.29) is 0 Å². The quantitative estimate of drug-likeness (QED) is 0.565. The molecular formula is C15H22. The molecule has 0 nitrogen and oxygen atoms in total. The topological polar surface area (TPSA) is 0 Å². The summed E-state index contributed by atoms with van der Waals surface area (Å²) in [5.41, 5.74) is 2.92. The van der Waals surface area contributed by atoms with Crippen LogP contribution in [0.25, 0.3) is 5.57 Å². The lowest BCUT2D eigenvalue weighted by atomic mass is 9.99. The zero-order chi connectivity index (χ0) is 10.9. The highest BCUT2D eigenvalue weighted by molar-refractivity contribution is 5.65. The average molecular weight is 202 g/mol. The molecule has 0 aromatic heterocycles. The van der Waals surface area contributed by atoms with Gasteiger partial charge in [0.2, 0.25) is 0 Å². The Hall–Kier alpha value is -1.04. The molecule has 0 spiro atoms. The van der Waals surface area contributed by atoms with Crippen LogP contribution in [0.1, 0.15) is 51.5 Å². The Labute approximate surface area is 94.0 Å². The molecule has 0 radical (unpaired) electrons. The van der Waals surface area contributed by atoms with Gasteiger partial charge in [0.05, 0.1) is 0 Å². The highest BCUT2D eigenvalue weighted by Gasteiger charge is 1.99. The predicted molar refractivity (Wildman–Crippen MR) is 68.9 cm³/mol. The molecule has 0 saturated carbocycles. The Bertz CT molecular complexity index is 282. The third-order valence-electron chi connectivity index (χ3n) is 2.64. The first-order valence-corrected chi connectivity index (χ1v) is 6.13. The van der Waals surface area contributed by atoms with Crippen LogP contribution in [0.3, 0.4) is 0 Å². The maximum atomic E-state index is 2.37. The smallest absolute Gasteiger partial charge is 0.0228 e. The Morgan fingerprint density at radius 3 is 2.40 bits per heavy atom. The third-order valence-corrected chi connectivity index (χ3v) is 2.64. The van der Waals surface area contributed by atoms with Crippen LogP contribution in [0.5, 0.6) is 0 Å². The number of allylic oxidation sites excluding steroid dienone is 2. The first-order valence-electron chi connectivity index (χ1n) is 6.13. The van der Waals surface area contributed by atoms with E-state index in [0.29, 0.717) is 0 Å². The van der Waals surface area contributed by atoms with Crippen molar-refractivity contribution in [3.63, 3.8) is 0 Å². The highest BCUT2D eigenvalue weighted by Crippen LogP contribution is 2.21. The molecule has 0 aliphatic carbocycles. The summed E-state index contributed by atoms with van der Waals surface area (Å²) in [5.74, 6) is 0. The summed E-state index contributed by atoms with van der Waals surface area (Å²) in [6.07, 6.45) is 8.69. The molecule has 0 aliphatic heterocycles. The summed E-state index contributed by atoms with van der Waals surface area (Å²) < 4.78 is 0. The van der Waals surface area contributed by atoms with Gasteiger partial charge < -0.3 is 0 Å². The molecule has 0 amide bonds. The van der Waals surface area contributed by atoms with Gasteiger partial charge in [-0.3, -0.25) is 0 Å². The fraction of sp³-hybridized carbons (Fsp3) is 0.467. The first-order chi connectivity index (χ1) is 7.38. The van der Waals surface area contributed by atoms with Crippen molar-refractivity contribution < 1.29 is 0 Å². The van der Waals surface area contributed by atoms with Gasteiger partial charge in [-0.05, 0) is 30.4 Å². The van der Waals surface area contributed by atoms with Gasteiger partial charge in [-0.15, -0.1) is 0 Å². The summed E-state index contributed by atoms with van der Waals surface area (Å²) in [5, 5.41) is 0. The predicted octanol–water partition coefficient (Wildman–Crippen LogP) is 5.06. The SMILES string of the molecule is CCC=C(CCCCC)c1ccccc1. The van der Waals surface area contributed by atoms with Crippen LogP contribution in [0.15, 0.2) is 36.4 Å². The van der Waals surface area contributed by atoms with Crippen molar-refractivity contribution in [2.24, 2.45) is 0 Å². The summed E-state index contributed by atoms with van der Waals surface area (Å²) in [4.78, 5) is 0. The average Bonchev–Trinajstić information content (AvgIpc) is 2.29. The molecule has 0 aliphatic rings. The maximum absolute atomic E-state index is 2.37.